The monoisotopic (exact) mass is 414 g/mol. The summed E-state index contributed by atoms with van der Waals surface area (Å²) in [5.41, 5.74) is 3.88. The van der Waals surface area contributed by atoms with Crippen LogP contribution in [0.3, 0.4) is 0 Å². The Morgan fingerprint density at radius 3 is 2.80 bits per heavy atom. The van der Waals surface area contributed by atoms with Gasteiger partial charge in [-0.1, -0.05) is 23.1 Å². The fourth-order valence-electron chi connectivity index (χ4n) is 3.99. The second-order valence-corrected chi connectivity index (χ2v) is 8.28. The first-order valence-corrected chi connectivity index (χ1v) is 10.7. The zero-order valence-electron chi connectivity index (χ0n) is 17.4. The van der Waals surface area contributed by atoms with Crippen molar-refractivity contribution in [2.24, 2.45) is 0 Å². The number of piperidine rings is 1. The fraction of sp³-hybridized carbons (Fsp3) is 0.565. The molecule has 2 aromatic rings. The van der Waals surface area contributed by atoms with Crippen LogP contribution in [0, 0.1) is 18.8 Å². The maximum Gasteiger partial charge on any atom is 0.250 e. The van der Waals surface area contributed by atoms with Crippen LogP contribution in [0.4, 0.5) is 8.78 Å². The lowest BCUT2D eigenvalue weighted by Crippen LogP contribution is -2.39. The molecule has 2 aliphatic heterocycles. The molecule has 3 heterocycles. The van der Waals surface area contributed by atoms with Crippen molar-refractivity contribution in [1.29, 1.82) is 0 Å². The van der Waals surface area contributed by atoms with E-state index in [9.17, 15) is 8.78 Å². The first-order valence-electron chi connectivity index (χ1n) is 10.7. The van der Waals surface area contributed by atoms with E-state index in [0.29, 0.717) is 19.6 Å². The van der Waals surface area contributed by atoms with Gasteiger partial charge in [-0.15, -0.1) is 5.10 Å². The van der Waals surface area contributed by atoms with Crippen molar-refractivity contribution >= 4 is 0 Å². The highest BCUT2D eigenvalue weighted by Crippen LogP contribution is 2.27. The van der Waals surface area contributed by atoms with E-state index >= 15 is 0 Å². The van der Waals surface area contributed by atoms with Gasteiger partial charge >= 0.3 is 0 Å². The first kappa shape index (κ1) is 21.0. The van der Waals surface area contributed by atoms with Crippen LogP contribution in [-0.2, 0) is 11.3 Å². The maximum absolute atomic E-state index is 13.2. The molecular weight excluding hydrogens is 386 g/mol. The molecule has 0 saturated carbocycles. The molecule has 0 radical (unpaired) electrons. The molecule has 0 bridgehead atoms. The number of aryl methyl sites for hydroxylation is 1. The second-order valence-electron chi connectivity index (χ2n) is 8.28. The Kier molecular flexibility index (Phi) is 6.45. The van der Waals surface area contributed by atoms with E-state index in [0.717, 1.165) is 48.4 Å². The van der Waals surface area contributed by atoms with Gasteiger partial charge in [-0.3, -0.25) is 4.90 Å². The number of ether oxygens (including phenoxy) is 1. The highest BCUT2D eigenvalue weighted by molar-refractivity contribution is 5.64. The smallest absolute Gasteiger partial charge is 0.250 e. The number of benzene rings is 1. The van der Waals surface area contributed by atoms with Crippen molar-refractivity contribution in [2.45, 2.75) is 57.6 Å². The molecule has 0 spiro atoms. The third-order valence-corrected chi connectivity index (χ3v) is 5.83. The summed E-state index contributed by atoms with van der Waals surface area (Å²) in [5, 5.41) is 8.59. The SMILES string of the molecule is Cc1cc(C#CCN2CCC(F)(F)CC2)ccc1-c1cn(C[C@H]2CCCCO2)nn1. The number of aromatic nitrogens is 3. The summed E-state index contributed by atoms with van der Waals surface area (Å²) in [5.74, 6) is 3.76. The molecule has 4 rings (SSSR count). The number of hydrogen-bond acceptors (Lipinski definition) is 4. The first-order chi connectivity index (χ1) is 14.5. The summed E-state index contributed by atoms with van der Waals surface area (Å²) < 4.78 is 34.1. The van der Waals surface area contributed by atoms with Crippen LogP contribution < -0.4 is 0 Å². The third-order valence-electron chi connectivity index (χ3n) is 5.83. The van der Waals surface area contributed by atoms with Crippen molar-refractivity contribution in [2.75, 3.05) is 26.2 Å². The van der Waals surface area contributed by atoms with Gasteiger partial charge in [-0.05, 0) is 43.9 Å². The zero-order chi connectivity index (χ0) is 21.0. The molecular formula is C23H28F2N4O. The summed E-state index contributed by atoms with van der Waals surface area (Å²) in [6.07, 6.45) is 5.46. The lowest BCUT2D eigenvalue weighted by molar-refractivity contribution is -0.0527. The van der Waals surface area contributed by atoms with Crippen molar-refractivity contribution in [3.8, 4) is 23.1 Å². The van der Waals surface area contributed by atoms with Crippen LogP contribution in [0.15, 0.2) is 24.4 Å². The molecule has 0 N–H and O–H groups in total. The second kappa shape index (κ2) is 9.23. The van der Waals surface area contributed by atoms with Gasteiger partial charge in [0, 0.05) is 43.7 Å². The van der Waals surface area contributed by atoms with E-state index in [2.05, 4.69) is 22.2 Å². The highest BCUT2D eigenvalue weighted by Gasteiger charge is 2.33. The predicted octanol–water partition coefficient (Wildman–Crippen LogP) is 3.91. The fourth-order valence-corrected chi connectivity index (χ4v) is 3.99. The molecule has 5 nitrogen and oxygen atoms in total. The number of likely N-dealkylation sites (tertiary alicyclic amines) is 1. The Morgan fingerprint density at radius 1 is 1.23 bits per heavy atom. The molecule has 2 fully saturated rings. The minimum absolute atomic E-state index is 0.0734. The van der Waals surface area contributed by atoms with Crippen molar-refractivity contribution in [1.82, 2.24) is 19.9 Å². The van der Waals surface area contributed by atoms with Gasteiger partial charge in [0.1, 0.15) is 5.69 Å². The van der Waals surface area contributed by atoms with Crippen molar-refractivity contribution in [3.05, 3.63) is 35.5 Å². The van der Waals surface area contributed by atoms with Crippen molar-refractivity contribution < 1.29 is 13.5 Å². The van der Waals surface area contributed by atoms with Crippen LogP contribution in [0.25, 0.3) is 11.3 Å². The molecule has 1 aromatic heterocycles. The van der Waals surface area contributed by atoms with Gasteiger partial charge in [0.15, 0.2) is 0 Å². The molecule has 7 heteroatoms. The summed E-state index contributed by atoms with van der Waals surface area (Å²) in [7, 11) is 0. The van der Waals surface area contributed by atoms with Crippen LogP contribution >= 0.6 is 0 Å². The van der Waals surface area contributed by atoms with E-state index in [1.54, 1.807) is 0 Å². The number of halogens is 2. The maximum atomic E-state index is 13.2. The molecule has 2 aliphatic rings. The largest absolute Gasteiger partial charge is 0.376 e. The molecule has 2 saturated heterocycles. The van der Waals surface area contributed by atoms with Gasteiger partial charge in [0.05, 0.1) is 25.4 Å². The molecule has 0 unspecified atom stereocenters. The summed E-state index contributed by atoms with van der Waals surface area (Å²) in [4.78, 5) is 1.99. The normalized spacial score (nSPS) is 21.8. The van der Waals surface area contributed by atoms with Gasteiger partial charge in [-0.25, -0.2) is 13.5 Å². The van der Waals surface area contributed by atoms with Crippen LogP contribution in [0.2, 0.25) is 0 Å². The molecule has 30 heavy (non-hydrogen) atoms. The average molecular weight is 415 g/mol. The molecule has 1 atom stereocenters. The quantitative estimate of drug-likeness (QED) is 0.712. The zero-order valence-corrected chi connectivity index (χ0v) is 17.4. The van der Waals surface area contributed by atoms with Gasteiger partial charge < -0.3 is 4.74 Å². The topological polar surface area (TPSA) is 43.2 Å². The minimum Gasteiger partial charge on any atom is -0.376 e. The van der Waals surface area contributed by atoms with Crippen LogP contribution in [0.5, 0.6) is 0 Å². The number of nitrogens with zero attached hydrogens (tertiary/aromatic N) is 4. The van der Waals surface area contributed by atoms with E-state index in [-0.39, 0.29) is 18.9 Å². The van der Waals surface area contributed by atoms with Crippen LogP contribution in [0.1, 0.15) is 43.2 Å². The van der Waals surface area contributed by atoms with Crippen molar-refractivity contribution in [3.63, 3.8) is 0 Å². The van der Waals surface area contributed by atoms with Crippen LogP contribution in [-0.4, -0.2) is 58.2 Å². The third kappa shape index (κ3) is 5.44. The van der Waals surface area contributed by atoms with Gasteiger partial charge in [-0.2, -0.15) is 0 Å². The standard InChI is InChI=1S/C23H28F2N4O/c1-18-15-19(5-4-11-28-12-9-23(24,25)10-13-28)7-8-21(18)22-17-29(27-26-22)16-20-6-2-3-14-30-20/h7-8,15,17,20H,2-3,6,9-14,16H2,1H3/t20-/m1/s1. The average Bonchev–Trinajstić information content (AvgIpc) is 3.18. The van der Waals surface area contributed by atoms with E-state index in [1.807, 2.05) is 40.9 Å². The summed E-state index contributed by atoms with van der Waals surface area (Å²) >= 11 is 0. The minimum atomic E-state index is -2.51. The van der Waals surface area contributed by atoms with Gasteiger partial charge in [0.25, 0.3) is 5.92 Å². The number of hydrogen-bond donors (Lipinski definition) is 0. The molecule has 0 amide bonds. The Morgan fingerprint density at radius 2 is 2.07 bits per heavy atom. The highest BCUT2D eigenvalue weighted by atomic mass is 19.3. The lowest BCUT2D eigenvalue weighted by Gasteiger charge is -2.30. The Labute approximate surface area is 176 Å². The van der Waals surface area contributed by atoms with E-state index in [4.69, 9.17) is 4.74 Å². The number of rotatable bonds is 4. The lowest BCUT2D eigenvalue weighted by atomic mass is 10.0. The molecule has 0 aliphatic carbocycles. The Hall–Kier alpha value is -2.30. The van der Waals surface area contributed by atoms with E-state index in [1.165, 1.54) is 6.42 Å². The molecule has 160 valence electrons. The summed E-state index contributed by atoms with van der Waals surface area (Å²) in [6, 6.07) is 6.03. The predicted molar refractivity (Wildman–Crippen MR) is 111 cm³/mol. The number of alkyl halides is 2. The summed E-state index contributed by atoms with van der Waals surface area (Å²) in [6.45, 7) is 4.93. The van der Waals surface area contributed by atoms with Gasteiger partial charge in [0.2, 0.25) is 0 Å². The Bertz CT molecular complexity index is 915. The Balaban J connectivity index is 1.36. The van der Waals surface area contributed by atoms with E-state index < -0.39 is 5.92 Å². The molecule has 1 aromatic carbocycles.